The topological polar surface area (TPSA) is 66.9 Å². The SMILES string of the molecule is CCN(C(=O)OC(C)(C)C)N1C(=O)C=CC1=O. The summed E-state index contributed by atoms with van der Waals surface area (Å²) in [6.45, 7) is 6.97. The van der Waals surface area contributed by atoms with Crippen LogP contribution in [-0.2, 0) is 14.3 Å². The van der Waals surface area contributed by atoms with Gasteiger partial charge in [-0.15, -0.1) is 0 Å². The highest BCUT2D eigenvalue weighted by Crippen LogP contribution is 2.14. The molecule has 0 atom stereocenters. The molecule has 0 saturated carbocycles. The van der Waals surface area contributed by atoms with Crippen LogP contribution in [0.1, 0.15) is 27.7 Å². The Bertz CT molecular complexity index is 363. The minimum Gasteiger partial charge on any atom is -0.442 e. The van der Waals surface area contributed by atoms with Gasteiger partial charge in [-0.3, -0.25) is 9.59 Å². The lowest BCUT2D eigenvalue weighted by molar-refractivity contribution is -0.153. The van der Waals surface area contributed by atoms with E-state index >= 15 is 0 Å². The largest absolute Gasteiger partial charge is 0.442 e. The molecule has 0 saturated heterocycles. The Balaban J connectivity index is 2.82. The summed E-state index contributed by atoms with van der Waals surface area (Å²) in [5, 5.41) is 1.75. The van der Waals surface area contributed by atoms with Gasteiger partial charge >= 0.3 is 6.09 Å². The first-order valence-electron chi connectivity index (χ1n) is 5.33. The average molecular weight is 240 g/mol. The maximum atomic E-state index is 11.8. The van der Waals surface area contributed by atoms with Crippen molar-refractivity contribution < 1.29 is 19.1 Å². The maximum absolute atomic E-state index is 11.8. The van der Waals surface area contributed by atoms with Gasteiger partial charge in [0.05, 0.1) is 0 Å². The third-order valence-corrected chi connectivity index (χ3v) is 1.93. The predicted octanol–water partition coefficient (Wildman–Crippen LogP) is 1.08. The molecular weight excluding hydrogens is 224 g/mol. The Labute approximate surface area is 99.8 Å². The lowest BCUT2D eigenvalue weighted by Gasteiger charge is -2.31. The molecule has 0 unspecified atom stereocenters. The van der Waals surface area contributed by atoms with E-state index in [1.165, 1.54) is 0 Å². The highest BCUT2D eigenvalue weighted by atomic mass is 16.6. The first-order chi connectivity index (χ1) is 7.76. The highest BCUT2D eigenvalue weighted by molar-refractivity contribution is 6.13. The third kappa shape index (κ3) is 3.05. The third-order valence-electron chi connectivity index (χ3n) is 1.93. The highest BCUT2D eigenvalue weighted by Gasteiger charge is 2.34. The lowest BCUT2D eigenvalue weighted by atomic mass is 10.2. The summed E-state index contributed by atoms with van der Waals surface area (Å²) in [4.78, 5) is 34.6. The molecule has 0 radical (unpaired) electrons. The molecule has 0 fully saturated rings. The molecule has 94 valence electrons. The number of hydrogen-bond acceptors (Lipinski definition) is 4. The zero-order chi connectivity index (χ0) is 13.2. The van der Waals surface area contributed by atoms with Crippen molar-refractivity contribution >= 4 is 17.9 Å². The van der Waals surface area contributed by atoms with Crippen LogP contribution in [0, 0.1) is 0 Å². The maximum Gasteiger partial charge on any atom is 0.429 e. The quantitative estimate of drug-likeness (QED) is 0.677. The summed E-state index contributed by atoms with van der Waals surface area (Å²) in [5.74, 6) is -1.08. The van der Waals surface area contributed by atoms with Crippen molar-refractivity contribution in [1.29, 1.82) is 0 Å². The van der Waals surface area contributed by atoms with Crippen LogP contribution in [0.3, 0.4) is 0 Å². The molecule has 6 heteroatoms. The van der Waals surface area contributed by atoms with Gasteiger partial charge in [0.1, 0.15) is 5.60 Å². The standard InChI is InChI=1S/C11H16N2O4/c1-5-12(10(16)17-11(2,3)4)13-8(14)6-7-9(13)15/h6-7H,5H2,1-4H3. The van der Waals surface area contributed by atoms with E-state index in [-0.39, 0.29) is 6.54 Å². The van der Waals surface area contributed by atoms with Crippen LogP contribution in [0.2, 0.25) is 0 Å². The Kier molecular flexibility index (Phi) is 3.55. The van der Waals surface area contributed by atoms with E-state index in [2.05, 4.69) is 0 Å². The number of carbonyl (C=O) groups is 3. The summed E-state index contributed by atoms with van der Waals surface area (Å²) in [7, 11) is 0. The summed E-state index contributed by atoms with van der Waals surface area (Å²) in [5.41, 5.74) is -0.677. The number of rotatable bonds is 2. The van der Waals surface area contributed by atoms with Crippen molar-refractivity contribution in [2.45, 2.75) is 33.3 Å². The molecule has 1 aliphatic heterocycles. The first-order valence-corrected chi connectivity index (χ1v) is 5.33. The molecule has 0 aromatic heterocycles. The molecule has 1 aliphatic rings. The first kappa shape index (κ1) is 13.2. The molecule has 0 aromatic rings. The molecule has 17 heavy (non-hydrogen) atoms. The fraction of sp³-hybridized carbons (Fsp3) is 0.545. The normalized spacial score (nSPS) is 15.4. The number of nitrogens with zero attached hydrogens (tertiary/aromatic N) is 2. The molecule has 0 aliphatic carbocycles. The van der Waals surface area contributed by atoms with Gasteiger partial charge in [-0.2, -0.15) is 5.01 Å². The summed E-state index contributed by atoms with van der Waals surface area (Å²) in [6, 6.07) is 0. The van der Waals surface area contributed by atoms with E-state index in [0.29, 0.717) is 0 Å². The fourth-order valence-electron chi connectivity index (χ4n) is 1.30. The van der Waals surface area contributed by atoms with E-state index in [4.69, 9.17) is 4.74 Å². The van der Waals surface area contributed by atoms with Crippen LogP contribution < -0.4 is 0 Å². The number of hydrazine groups is 1. The van der Waals surface area contributed by atoms with Gasteiger partial charge in [-0.25, -0.2) is 9.80 Å². The molecule has 6 nitrogen and oxygen atoms in total. The van der Waals surface area contributed by atoms with Gasteiger partial charge in [0.2, 0.25) is 0 Å². The van der Waals surface area contributed by atoms with Crippen LogP contribution >= 0.6 is 0 Å². The Morgan fingerprint density at radius 3 is 2.12 bits per heavy atom. The van der Waals surface area contributed by atoms with Crippen molar-refractivity contribution in [3.05, 3.63) is 12.2 Å². The predicted molar refractivity (Wildman–Crippen MR) is 59.6 cm³/mol. The lowest BCUT2D eigenvalue weighted by Crippen LogP contribution is -2.51. The molecule has 0 spiro atoms. The van der Waals surface area contributed by atoms with Gasteiger partial charge in [0, 0.05) is 18.7 Å². The van der Waals surface area contributed by atoms with Crippen molar-refractivity contribution in [1.82, 2.24) is 10.0 Å². The zero-order valence-corrected chi connectivity index (χ0v) is 10.4. The second-order valence-corrected chi connectivity index (χ2v) is 4.52. The molecule has 0 bridgehead atoms. The van der Waals surface area contributed by atoms with Crippen molar-refractivity contribution in [3.63, 3.8) is 0 Å². The van der Waals surface area contributed by atoms with Crippen LogP contribution in [0.15, 0.2) is 12.2 Å². The number of imide groups is 1. The van der Waals surface area contributed by atoms with Gasteiger partial charge < -0.3 is 4.74 Å². The fourth-order valence-corrected chi connectivity index (χ4v) is 1.30. The molecule has 1 heterocycles. The average Bonchev–Trinajstić information content (AvgIpc) is 2.47. The number of hydrogen-bond donors (Lipinski definition) is 0. The van der Waals surface area contributed by atoms with E-state index in [0.717, 1.165) is 22.2 Å². The summed E-state index contributed by atoms with van der Waals surface area (Å²) >= 11 is 0. The van der Waals surface area contributed by atoms with Crippen LogP contribution in [-0.4, -0.2) is 40.1 Å². The number of carbonyl (C=O) groups excluding carboxylic acids is 3. The minimum absolute atomic E-state index is 0.175. The number of ether oxygens (including phenoxy) is 1. The van der Waals surface area contributed by atoms with Gasteiger partial charge in [0.25, 0.3) is 11.8 Å². The summed E-state index contributed by atoms with van der Waals surface area (Å²) in [6.07, 6.45) is 1.52. The van der Waals surface area contributed by atoms with Gasteiger partial charge in [0.15, 0.2) is 0 Å². The molecule has 0 N–H and O–H groups in total. The van der Waals surface area contributed by atoms with Crippen LogP contribution in [0.5, 0.6) is 0 Å². The smallest absolute Gasteiger partial charge is 0.429 e. The Hall–Kier alpha value is -1.85. The molecular formula is C11H16N2O4. The monoisotopic (exact) mass is 240 g/mol. The van der Waals surface area contributed by atoms with Crippen LogP contribution in [0.4, 0.5) is 4.79 Å². The minimum atomic E-state index is -0.717. The van der Waals surface area contributed by atoms with E-state index < -0.39 is 23.5 Å². The van der Waals surface area contributed by atoms with Crippen LogP contribution in [0.25, 0.3) is 0 Å². The van der Waals surface area contributed by atoms with Gasteiger partial charge in [-0.05, 0) is 27.7 Å². The van der Waals surface area contributed by atoms with E-state index in [9.17, 15) is 14.4 Å². The zero-order valence-electron chi connectivity index (χ0n) is 10.4. The molecule has 1 rings (SSSR count). The van der Waals surface area contributed by atoms with Gasteiger partial charge in [-0.1, -0.05) is 0 Å². The van der Waals surface area contributed by atoms with E-state index in [1.807, 2.05) is 0 Å². The van der Waals surface area contributed by atoms with Crippen molar-refractivity contribution in [2.75, 3.05) is 6.54 Å². The Morgan fingerprint density at radius 1 is 1.29 bits per heavy atom. The van der Waals surface area contributed by atoms with Crippen molar-refractivity contribution in [2.24, 2.45) is 0 Å². The van der Waals surface area contributed by atoms with Crippen molar-refractivity contribution in [3.8, 4) is 0 Å². The summed E-state index contributed by atoms with van der Waals surface area (Å²) < 4.78 is 5.11. The Morgan fingerprint density at radius 2 is 1.76 bits per heavy atom. The second-order valence-electron chi connectivity index (χ2n) is 4.52. The molecule has 3 amide bonds. The van der Waals surface area contributed by atoms with E-state index in [1.54, 1.807) is 27.7 Å². The number of amides is 3. The molecule has 0 aromatic carbocycles. The second kappa shape index (κ2) is 4.57.